The van der Waals surface area contributed by atoms with Crippen molar-refractivity contribution in [3.05, 3.63) is 85.7 Å². The molecule has 0 fully saturated rings. The standard InChI is InChI=1S/C26H26N4O6/c31-25(33-17-5-15-29-11-1-2-12-29)35-21-7-9-27-23(19-21)24-20-22(8-10-28-24)36-26(32)34-18-6-16-30-13-3-4-14-30/h1-4,7-14,19-20H,5-6,15-18H2. The molecule has 10 nitrogen and oxygen atoms in total. The van der Waals surface area contributed by atoms with Gasteiger partial charge in [-0.1, -0.05) is 0 Å². The summed E-state index contributed by atoms with van der Waals surface area (Å²) in [5.74, 6) is 0.510. The molecule has 186 valence electrons. The van der Waals surface area contributed by atoms with Crippen molar-refractivity contribution in [2.75, 3.05) is 13.2 Å². The highest BCUT2D eigenvalue weighted by Crippen LogP contribution is 2.23. The Kier molecular flexibility index (Phi) is 8.68. The topological polar surface area (TPSA) is 107 Å². The summed E-state index contributed by atoms with van der Waals surface area (Å²) in [6.45, 7) is 1.95. The number of rotatable bonds is 11. The molecule has 4 aromatic heterocycles. The molecule has 0 N–H and O–H groups in total. The second-order valence-corrected chi connectivity index (χ2v) is 7.70. The fourth-order valence-electron chi connectivity index (χ4n) is 3.32. The van der Waals surface area contributed by atoms with E-state index in [1.165, 1.54) is 24.5 Å². The van der Waals surface area contributed by atoms with E-state index in [0.29, 0.717) is 24.2 Å². The quantitative estimate of drug-likeness (QED) is 0.215. The zero-order valence-electron chi connectivity index (χ0n) is 19.6. The lowest BCUT2D eigenvalue weighted by atomic mass is 10.2. The third-order valence-corrected chi connectivity index (χ3v) is 5.02. The van der Waals surface area contributed by atoms with Crippen molar-refractivity contribution in [1.82, 2.24) is 19.1 Å². The van der Waals surface area contributed by atoms with Crippen LogP contribution in [0.3, 0.4) is 0 Å². The molecule has 0 aliphatic rings. The molecule has 0 bridgehead atoms. The van der Waals surface area contributed by atoms with Gasteiger partial charge >= 0.3 is 12.3 Å². The molecule has 0 unspecified atom stereocenters. The number of hydrogen-bond acceptors (Lipinski definition) is 8. The lowest BCUT2D eigenvalue weighted by molar-refractivity contribution is 0.0957. The van der Waals surface area contributed by atoms with E-state index in [1.807, 2.05) is 58.2 Å². The molecule has 0 saturated heterocycles. The van der Waals surface area contributed by atoms with Gasteiger partial charge in [0.1, 0.15) is 11.5 Å². The van der Waals surface area contributed by atoms with Gasteiger partial charge in [-0.2, -0.15) is 0 Å². The number of aromatic nitrogens is 4. The lowest BCUT2D eigenvalue weighted by Gasteiger charge is -2.09. The Morgan fingerprint density at radius 2 is 1.08 bits per heavy atom. The maximum absolute atomic E-state index is 12.0. The fourth-order valence-corrected chi connectivity index (χ4v) is 3.32. The molecule has 0 aliphatic carbocycles. The van der Waals surface area contributed by atoms with E-state index in [1.54, 1.807) is 12.1 Å². The number of carbonyl (C=O) groups is 2. The minimum Gasteiger partial charge on any atom is -0.434 e. The first kappa shape index (κ1) is 24.5. The zero-order valence-corrected chi connectivity index (χ0v) is 19.6. The van der Waals surface area contributed by atoms with E-state index in [9.17, 15) is 9.59 Å². The third kappa shape index (κ3) is 7.73. The van der Waals surface area contributed by atoms with Gasteiger partial charge in [0.15, 0.2) is 0 Å². The van der Waals surface area contributed by atoms with Gasteiger partial charge in [-0.05, 0) is 49.2 Å². The number of ether oxygens (including phenoxy) is 4. The van der Waals surface area contributed by atoms with Crippen molar-refractivity contribution >= 4 is 12.3 Å². The van der Waals surface area contributed by atoms with E-state index in [4.69, 9.17) is 18.9 Å². The van der Waals surface area contributed by atoms with E-state index < -0.39 is 12.3 Å². The smallest absolute Gasteiger partial charge is 0.434 e. The number of nitrogens with zero attached hydrogens (tertiary/aromatic N) is 4. The van der Waals surface area contributed by atoms with Crippen LogP contribution in [0.1, 0.15) is 12.8 Å². The van der Waals surface area contributed by atoms with Gasteiger partial charge < -0.3 is 28.1 Å². The monoisotopic (exact) mass is 490 g/mol. The minimum atomic E-state index is -0.802. The zero-order chi connectivity index (χ0) is 25.0. The van der Waals surface area contributed by atoms with Crippen LogP contribution < -0.4 is 9.47 Å². The van der Waals surface area contributed by atoms with Crippen molar-refractivity contribution in [3.8, 4) is 22.9 Å². The predicted octanol–water partition coefficient (Wildman–Crippen LogP) is 4.96. The second kappa shape index (κ2) is 12.7. The molecule has 0 aliphatic heterocycles. The Labute approximate surface area is 208 Å². The van der Waals surface area contributed by atoms with Crippen molar-refractivity contribution in [2.45, 2.75) is 25.9 Å². The van der Waals surface area contributed by atoms with Gasteiger partial charge in [0.05, 0.1) is 24.6 Å². The Hall–Kier alpha value is -4.60. The molecule has 4 rings (SSSR count). The first-order valence-electron chi connectivity index (χ1n) is 11.5. The van der Waals surface area contributed by atoms with E-state index in [-0.39, 0.29) is 24.7 Å². The van der Waals surface area contributed by atoms with Crippen LogP contribution in [0.2, 0.25) is 0 Å². The van der Waals surface area contributed by atoms with Gasteiger partial charge in [0.25, 0.3) is 0 Å². The molecule has 0 saturated carbocycles. The Morgan fingerprint density at radius 1 is 0.667 bits per heavy atom. The highest BCUT2D eigenvalue weighted by atomic mass is 16.7. The SMILES string of the molecule is O=C(OCCCn1cccc1)Oc1ccnc(-c2cc(OC(=O)OCCCn3cccc3)ccn2)c1. The van der Waals surface area contributed by atoms with E-state index >= 15 is 0 Å². The molecule has 0 spiro atoms. The van der Waals surface area contributed by atoms with Crippen molar-refractivity contribution in [3.63, 3.8) is 0 Å². The average molecular weight is 491 g/mol. The van der Waals surface area contributed by atoms with Crippen LogP contribution in [0.25, 0.3) is 11.4 Å². The normalized spacial score (nSPS) is 10.6. The minimum absolute atomic E-state index is 0.234. The fraction of sp³-hybridized carbons (Fsp3) is 0.231. The van der Waals surface area contributed by atoms with Crippen LogP contribution in [0.15, 0.2) is 85.7 Å². The molecule has 0 atom stereocenters. The van der Waals surface area contributed by atoms with Crippen LogP contribution in [-0.4, -0.2) is 44.6 Å². The second-order valence-electron chi connectivity index (χ2n) is 7.70. The number of hydrogen-bond donors (Lipinski definition) is 0. The number of aryl methyl sites for hydroxylation is 2. The summed E-state index contributed by atoms with van der Waals surface area (Å²) in [5, 5.41) is 0. The van der Waals surface area contributed by atoms with Crippen LogP contribution >= 0.6 is 0 Å². The Balaban J connectivity index is 1.24. The Morgan fingerprint density at radius 3 is 1.50 bits per heavy atom. The summed E-state index contributed by atoms with van der Waals surface area (Å²) in [7, 11) is 0. The molecular weight excluding hydrogens is 464 g/mol. The molecule has 0 aromatic carbocycles. The highest BCUT2D eigenvalue weighted by Gasteiger charge is 2.11. The molecule has 0 radical (unpaired) electrons. The number of carbonyl (C=O) groups excluding carboxylic acids is 2. The summed E-state index contributed by atoms with van der Waals surface area (Å²) in [4.78, 5) is 32.5. The maximum atomic E-state index is 12.0. The molecule has 4 aromatic rings. The third-order valence-electron chi connectivity index (χ3n) is 5.02. The van der Waals surface area contributed by atoms with E-state index in [0.717, 1.165) is 13.1 Å². The summed E-state index contributed by atoms with van der Waals surface area (Å²) < 4.78 is 24.8. The van der Waals surface area contributed by atoms with Crippen molar-refractivity contribution < 1.29 is 28.5 Å². The largest absolute Gasteiger partial charge is 0.513 e. The van der Waals surface area contributed by atoms with Crippen LogP contribution in [0, 0.1) is 0 Å². The summed E-state index contributed by atoms with van der Waals surface area (Å²) in [6.07, 6.45) is 10.5. The van der Waals surface area contributed by atoms with Crippen LogP contribution in [-0.2, 0) is 22.6 Å². The van der Waals surface area contributed by atoms with Gasteiger partial charge in [-0.15, -0.1) is 0 Å². The molecule has 4 heterocycles. The summed E-state index contributed by atoms with van der Waals surface area (Å²) in [5.41, 5.74) is 0.858. The first-order chi connectivity index (χ1) is 17.7. The molecule has 0 amide bonds. The molecular formula is C26H26N4O6. The van der Waals surface area contributed by atoms with Crippen LogP contribution in [0.5, 0.6) is 11.5 Å². The van der Waals surface area contributed by atoms with Crippen molar-refractivity contribution in [2.24, 2.45) is 0 Å². The van der Waals surface area contributed by atoms with Gasteiger partial charge in [0.2, 0.25) is 0 Å². The average Bonchev–Trinajstić information content (AvgIpc) is 3.60. The number of pyridine rings is 2. The van der Waals surface area contributed by atoms with Crippen molar-refractivity contribution in [1.29, 1.82) is 0 Å². The van der Waals surface area contributed by atoms with Gasteiger partial charge in [-0.25, -0.2) is 9.59 Å². The summed E-state index contributed by atoms with van der Waals surface area (Å²) >= 11 is 0. The van der Waals surface area contributed by atoms with Gasteiger partial charge in [-0.3, -0.25) is 9.97 Å². The first-order valence-corrected chi connectivity index (χ1v) is 11.5. The van der Waals surface area contributed by atoms with Gasteiger partial charge in [0, 0.05) is 62.4 Å². The highest BCUT2D eigenvalue weighted by molar-refractivity contribution is 5.67. The molecule has 10 heteroatoms. The Bertz CT molecular complexity index is 1140. The summed E-state index contributed by atoms with van der Waals surface area (Å²) in [6, 6.07) is 13.9. The van der Waals surface area contributed by atoms with Crippen LogP contribution in [0.4, 0.5) is 9.59 Å². The lowest BCUT2D eigenvalue weighted by Crippen LogP contribution is -2.13. The van der Waals surface area contributed by atoms with E-state index in [2.05, 4.69) is 9.97 Å². The maximum Gasteiger partial charge on any atom is 0.513 e. The predicted molar refractivity (Wildman–Crippen MR) is 130 cm³/mol. The molecule has 36 heavy (non-hydrogen) atoms.